The van der Waals surface area contributed by atoms with Crippen molar-refractivity contribution in [3.63, 3.8) is 0 Å². The summed E-state index contributed by atoms with van der Waals surface area (Å²) in [7, 11) is 0. The quantitative estimate of drug-likeness (QED) is 0.787. The predicted molar refractivity (Wildman–Crippen MR) is 73.0 cm³/mol. The molecule has 0 bridgehead atoms. The molecule has 3 rings (SSSR count). The number of hydrogen-bond acceptors (Lipinski definition) is 3. The van der Waals surface area contributed by atoms with Crippen LogP contribution >= 0.6 is 0 Å². The molecule has 1 aromatic carbocycles. The van der Waals surface area contributed by atoms with Gasteiger partial charge in [-0.15, -0.1) is 0 Å². The van der Waals surface area contributed by atoms with Gasteiger partial charge < -0.3 is 10.6 Å². The Kier molecular flexibility index (Phi) is 3.29. The Morgan fingerprint density at radius 3 is 2.74 bits per heavy atom. The van der Waals surface area contributed by atoms with Crippen LogP contribution in [0.3, 0.4) is 0 Å². The number of H-pyrrole nitrogens is 1. The lowest BCUT2D eigenvalue weighted by Gasteiger charge is -2.11. The van der Waals surface area contributed by atoms with Gasteiger partial charge >= 0.3 is 0 Å². The second-order valence-corrected chi connectivity index (χ2v) is 4.70. The van der Waals surface area contributed by atoms with Crippen molar-refractivity contribution in [2.24, 2.45) is 0 Å². The third kappa shape index (κ3) is 2.66. The fourth-order valence-electron chi connectivity index (χ4n) is 2.36. The van der Waals surface area contributed by atoms with E-state index in [2.05, 4.69) is 20.8 Å². The number of amides is 1. The molecular formula is C14H16N4O. The average Bonchev–Trinajstić information content (AvgIpc) is 3.12. The highest BCUT2D eigenvalue weighted by molar-refractivity contribution is 6.03. The molecular weight excluding hydrogens is 240 g/mol. The van der Waals surface area contributed by atoms with E-state index in [4.69, 9.17) is 0 Å². The molecule has 1 fully saturated rings. The minimum Gasteiger partial charge on any atom is -0.310 e. The molecule has 5 nitrogen and oxygen atoms in total. The lowest BCUT2D eigenvalue weighted by molar-refractivity contribution is 0.102. The molecule has 1 saturated heterocycles. The summed E-state index contributed by atoms with van der Waals surface area (Å²) in [6.45, 7) is 1.08. The van der Waals surface area contributed by atoms with Gasteiger partial charge in [0.05, 0.1) is 6.20 Å². The van der Waals surface area contributed by atoms with Crippen molar-refractivity contribution in [2.45, 2.75) is 18.9 Å². The zero-order valence-corrected chi connectivity index (χ0v) is 10.5. The summed E-state index contributed by atoms with van der Waals surface area (Å²) < 4.78 is 0. The van der Waals surface area contributed by atoms with Crippen LogP contribution in [0.4, 0.5) is 5.82 Å². The molecule has 0 radical (unpaired) electrons. The van der Waals surface area contributed by atoms with Gasteiger partial charge in [0.25, 0.3) is 5.91 Å². The number of hydrogen-bond donors (Lipinski definition) is 3. The van der Waals surface area contributed by atoms with Crippen LogP contribution < -0.4 is 10.6 Å². The van der Waals surface area contributed by atoms with Crippen LogP contribution in [0.5, 0.6) is 0 Å². The Bertz CT molecular complexity index is 541. The van der Waals surface area contributed by atoms with E-state index in [1.165, 1.54) is 18.4 Å². The van der Waals surface area contributed by atoms with Gasteiger partial charge in [-0.3, -0.25) is 9.89 Å². The molecule has 1 aliphatic heterocycles. The maximum Gasteiger partial charge on any atom is 0.256 e. The van der Waals surface area contributed by atoms with E-state index in [1.807, 2.05) is 24.3 Å². The summed E-state index contributed by atoms with van der Waals surface area (Å²) in [5, 5.41) is 12.7. The molecule has 5 heteroatoms. The van der Waals surface area contributed by atoms with E-state index in [0.717, 1.165) is 6.54 Å². The molecule has 98 valence electrons. The van der Waals surface area contributed by atoms with Crippen molar-refractivity contribution in [2.75, 3.05) is 11.9 Å². The minimum absolute atomic E-state index is 0.129. The Balaban J connectivity index is 1.69. The topological polar surface area (TPSA) is 69.8 Å². The van der Waals surface area contributed by atoms with E-state index in [1.54, 1.807) is 12.3 Å². The lowest BCUT2D eigenvalue weighted by Crippen LogP contribution is -2.14. The van der Waals surface area contributed by atoms with Crippen molar-refractivity contribution in [1.82, 2.24) is 15.5 Å². The summed E-state index contributed by atoms with van der Waals surface area (Å²) in [4.78, 5) is 12.0. The molecule has 1 atom stereocenters. The molecule has 2 heterocycles. The molecule has 1 aromatic heterocycles. The predicted octanol–water partition coefficient (Wildman–Crippen LogP) is 2.09. The first-order valence-electron chi connectivity index (χ1n) is 6.47. The van der Waals surface area contributed by atoms with Crippen LogP contribution in [0.25, 0.3) is 0 Å². The average molecular weight is 256 g/mol. The summed E-state index contributed by atoms with van der Waals surface area (Å²) in [6.07, 6.45) is 3.98. The van der Waals surface area contributed by atoms with E-state index >= 15 is 0 Å². The zero-order chi connectivity index (χ0) is 13.1. The van der Waals surface area contributed by atoms with Crippen molar-refractivity contribution >= 4 is 11.7 Å². The highest BCUT2D eigenvalue weighted by Gasteiger charge is 2.16. The number of nitrogens with one attached hydrogen (secondary N) is 3. The molecule has 1 amide bonds. The van der Waals surface area contributed by atoms with Crippen LogP contribution in [-0.4, -0.2) is 22.6 Å². The number of anilines is 1. The van der Waals surface area contributed by atoms with Crippen LogP contribution in [0.15, 0.2) is 36.5 Å². The fraction of sp³-hybridized carbons (Fsp3) is 0.286. The highest BCUT2D eigenvalue weighted by Crippen LogP contribution is 2.23. The van der Waals surface area contributed by atoms with Gasteiger partial charge in [-0.25, -0.2) is 0 Å². The number of carbonyl (C=O) groups excluding carboxylic acids is 1. The molecule has 0 saturated carbocycles. The molecule has 19 heavy (non-hydrogen) atoms. The van der Waals surface area contributed by atoms with E-state index < -0.39 is 0 Å². The number of aromatic nitrogens is 2. The largest absolute Gasteiger partial charge is 0.310 e. The van der Waals surface area contributed by atoms with Crippen LogP contribution in [0.1, 0.15) is 34.8 Å². The Morgan fingerprint density at radius 2 is 2.11 bits per heavy atom. The Labute approximate surface area is 111 Å². The molecule has 0 spiro atoms. The fourth-order valence-corrected chi connectivity index (χ4v) is 2.36. The molecule has 2 aromatic rings. The van der Waals surface area contributed by atoms with Gasteiger partial charge in [-0.1, -0.05) is 12.1 Å². The third-order valence-corrected chi connectivity index (χ3v) is 3.38. The second kappa shape index (κ2) is 5.24. The second-order valence-electron chi connectivity index (χ2n) is 4.70. The van der Waals surface area contributed by atoms with Gasteiger partial charge in [0.15, 0.2) is 0 Å². The summed E-state index contributed by atoms with van der Waals surface area (Å²) in [6, 6.07) is 9.91. The van der Waals surface area contributed by atoms with Gasteiger partial charge in [-0.05, 0) is 37.1 Å². The van der Waals surface area contributed by atoms with E-state index in [-0.39, 0.29) is 5.91 Å². The van der Waals surface area contributed by atoms with Crippen molar-refractivity contribution in [1.29, 1.82) is 0 Å². The third-order valence-electron chi connectivity index (χ3n) is 3.38. The summed E-state index contributed by atoms with van der Waals surface area (Å²) in [5.41, 5.74) is 1.90. The maximum absolute atomic E-state index is 12.0. The van der Waals surface area contributed by atoms with Crippen LogP contribution in [0, 0.1) is 0 Å². The van der Waals surface area contributed by atoms with Crippen molar-refractivity contribution in [3.8, 4) is 0 Å². The molecule has 1 aliphatic rings. The van der Waals surface area contributed by atoms with Crippen molar-refractivity contribution in [3.05, 3.63) is 47.7 Å². The van der Waals surface area contributed by atoms with E-state index in [0.29, 0.717) is 17.4 Å². The number of benzene rings is 1. The van der Waals surface area contributed by atoms with Gasteiger partial charge in [0.1, 0.15) is 5.82 Å². The first-order valence-corrected chi connectivity index (χ1v) is 6.47. The first kappa shape index (κ1) is 11.9. The minimum atomic E-state index is -0.129. The first-order chi connectivity index (χ1) is 9.33. The number of nitrogens with zero attached hydrogens (tertiary/aromatic N) is 1. The molecule has 0 aliphatic carbocycles. The summed E-state index contributed by atoms with van der Waals surface area (Å²) >= 11 is 0. The highest BCUT2D eigenvalue weighted by atomic mass is 16.1. The van der Waals surface area contributed by atoms with E-state index in [9.17, 15) is 4.79 Å². The maximum atomic E-state index is 12.0. The molecule has 3 N–H and O–H groups in total. The van der Waals surface area contributed by atoms with Crippen molar-refractivity contribution < 1.29 is 4.79 Å². The standard InChI is InChI=1S/C14H16N4O/c19-14(17-13-7-9-16-18-13)11-5-3-10(4-6-11)12-2-1-8-15-12/h3-7,9,12,15H,1-2,8H2,(H2,16,17,18,19). The van der Waals surface area contributed by atoms with Crippen LogP contribution in [-0.2, 0) is 0 Å². The van der Waals surface area contributed by atoms with Crippen LogP contribution in [0.2, 0.25) is 0 Å². The Morgan fingerprint density at radius 1 is 1.26 bits per heavy atom. The molecule has 1 unspecified atom stereocenters. The summed E-state index contributed by atoms with van der Waals surface area (Å²) in [5.74, 6) is 0.474. The number of aromatic amines is 1. The van der Waals surface area contributed by atoms with Gasteiger partial charge in [0, 0.05) is 17.7 Å². The normalized spacial score (nSPS) is 18.4. The monoisotopic (exact) mass is 256 g/mol. The number of carbonyl (C=O) groups is 1. The zero-order valence-electron chi connectivity index (χ0n) is 10.5. The van der Waals surface area contributed by atoms with Gasteiger partial charge in [-0.2, -0.15) is 5.10 Å². The number of rotatable bonds is 3. The SMILES string of the molecule is O=C(Nc1ccn[nH]1)c1ccc(C2CCCN2)cc1. The lowest BCUT2D eigenvalue weighted by atomic mass is 10.0. The Hall–Kier alpha value is -2.14. The van der Waals surface area contributed by atoms with Gasteiger partial charge in [0.2, 0.25) is 0 Å². The smallest absolute Gasteiger partial charge is 0.256 e.